The number of piperazine rings is 1. The second-order valence-electron chi connectivity index (χ2n) is 12.2. The third kappa shape index (κ3) is 5.43. The number of pyridine rings is 1. The second kappa shape index (κ2) is 10.9. The molecule has 1 aromatic heterocycles. The number of hydrogen-bond donors (Lipinski definition) is 2. The Kier molecular flexibility index (Phi) is 7.36. The first-order chi connectivity index (χ1) is 19.0. The van der Waals surface area contributed by atoms with E-state index in [0.717, 1.165) is 17.8 Å². The summed E-state index contributed by atoms with van der Waals surface area (Å²) in [5.74, 6) is -0.241. The summed E-state index contributed by atoms with van der Waals surface area (Å²) in [6.45, 7) is 2.92. The Bertz CT molecular complexity index is 1190. The van der Waals surface area contributed by atoms with Crippen molar-refractivity contribution in [2.45, 2.75) is 88.1 Å². The van der Waals surface area contributed by atoms with Gasteiger partial charge in [-0.25, -0.2) is 0 Å². The Morgan fingerprint density at radius 2 is 1.46 bits per heavy atom. The lowest BCUT2D eigenvalue weighted by Crippen LogP contribution is -2.53. The van der Waals surface area contributed by atoms with Crippen LogP contribution in [0.2, 0.25) is 0 Å². The Balaban J connectivity index is 1.15. The zero-order chi connectivity index (χ0) is 26.9. The molecule has 0 bridgehead atoms. The minimum atomic E-state index is -1.15. The monoisotopic (exact) mass is 530 g/mol. The van der Waals surface area contributed by atoms with Gasteiger partial charge in [-0.2, -0.15) is 0 Å². The molecule has 7 nitrogen and oxygen atoms in total. The maximum absolute atomic E-state index is 13.2. The van der Waals surface area contributed by atoms with E-state index in [-0.39, 0.29) is 17.2 Å². The molecule has 39 heavy (non-hydrogen) atoms. The van der Waals surface area contributed by atoms with Crippen molar-refractivity contribution in [1.82, 2.24) is 14.8 Å². The Morgan fingerprint density at radius 1 is 0.795 bits per heavy atom. The van der Waals surface area contributed by atoms with Gasteiger partial charge in [-0.1, -0.05) is 51.0 Å². The standard InChI is InChI=1S/C32H42N4O3/c37-29(35-18-20-36(21-19-35)30(38)32(39)14-15-32)25-9-10-27(34-23-25)24-8-11-28-26(22-24)31(16-17-33-28)12-6-4-2-1-3-5-7-13-31/h8-11,22-23,33,39H,1-7,12-21H2. The molecule has 2 aliphatic carbocycles. The van der Waals surface area contributed by atoms with Crippen LogP contribution in [0.3, 0.4) is 0 Å². The first-order valence-electron chi connectivity index (χ1n) is 15.1. The molecular weight excluding hydrogens is 488 g/mol. The summed E-state index contributed by atoms with van der Waals surface area (Å²) >= 11 is 0. The zero-order valence-electron chi connectivity index (χ0n) is 23.1. The lowest BCUT2D eigenvalue weighted by molar-refractivity contribution is -0.143. The summed E-state index contributed by atoms with van der Waals surface area (Å²) in [4.78, 5) is 33.8. The van der Waals surface area contributed by atoms with Crippen LogP contribution in [-0.2, 0) is 10.2 Å². The number of aliphatic hydroxyl groups is 1. The zero-order valence-corrected chi connectivity index (χ0v) is 23.1. The van der Waals surface area contributed by atoms with Crippen molar-refractivity contribution >= 4 is 17.5 Å². The molecule has 2 N–H and O–H groups in total. The molecule has 2 aromatic rings. The van der Waals surface area contributed by atoms with Crippen molar-refractivity contribution in [2.24, 2.45) is 0 Å². The summed E-state index contributed by atoms with van der Waals surface area (Å²) < 4.78 is 0. The molecule has 2 amide bonds. The van der Waals surface area contributed by atoms with E-state index < -0.39 is 5.60 Å². The summed E-state index contributed by atoms with van der Waals surface area (Å²) in [6.07, 6.45) is 15.9. The van der Waals surface area contributed by atoms with Crippen LogP contribution in [0.15, 0.2) is 36.5 Å². The predicted molar refractivity (Wildman–Crippen MR) is 153 cm³/mol. The van der Waals surface area contributed by atoms with E-state index in [0.29, 0.717) is 44.6 Å². The SMILES string of the molecule is O=C(c1ccc(-c2ccc3c(c2)C2(CCCCCCCCC2)CCN3)nc1)N1CCN(C(=O)C2(O)CC2)CC1. The van der Waals surface area contributed by atoms with Gasteiger partial charge >= 0.3 is 0 Å². The molecule has 0 atom stereocenters. The summed E-state index contributed by atoms with van der Waals surface area (Å²) in [5.41, 5.74) is 4.41. The van der Waals surface area contributed by atoms with Crippen LogP contribution >= 0.6 is 0 Å². The number of fused-ring (bicyclic) bond motifs is 2. The van der Waals surface area contributed by atoms with E-state index in [1.165, 1.54) is 75.5 Å². The number of carbonyl (C=O) groups is 2. The molecule has 1 spiro atoms. The molecule has 0 radical (unpaired) electrons. The molecule has 208 valence electrons. The number of anilines is 1. The first-order valence-corrected chi connectivity index (χ1v) is 15.1. The number of rotatable bonds is 3. The number of hydrogen-bond acceptors (Lipinski definition) is 5. The molecular formula is C32H42N4O3. The third-order valence-corrected chi connectivity index (χ3v) is 9.60. The van der Waals surface area contributed by atoms with E-state index in [2.05, 4.69) is 23.5 Å². The predicted octanol–water partition coefficient (Wildman–Crippen LogP) is 5.14. The lowest BCUT2D eigenvalue weighted by atomic mass is 9.67. The number of nitrogens with zero attached hydrogens (tertiary/aromatic N) is 3. The number of carbonyl (C=O) groups excluding carboxylic acids is 2. The molecule has 0 unspecified atom stereocenters. The van der Waals surface area contributed by atoms with Gasteiger partial charge in [0.25, 0.3) is 11.8 Å². The van der Waals surface area contributed by atoms with Gasteiger partial charge < -0.3 is 20.2 Å². The Morgan fingerprint density at radius 3 is 2.10 bits per heavy atom. The normalized spacial score (nSPS) is 22.5. The minimum Gasteiger partial charge on any atom is -0.385 e. The van der Waals surface area contributed by atoms with Crippen molar-refractivity contribution < 1.29 is 14.7 Å². The maximum atomic E-state index is 13.2. The number of nitrogens with one attached hydrogen (secondary N) is 1. The van der Waals surface area contributed by atoms with Gasteiger partial charge in [0.2, 0.25) is 0 Å². The highest BCUT2D eigenvalue weighted by atomic mass is 16.3. The van der Waals surface area contributed by atoms with Crippen molar-refractivity contribution in [3.8, 4) is 11.3 Å². The molecule has 1 aromatic carbocycles. The van der Waals surface area contributed by atoms with Crippen LogP contribution in [0.1, 0.15) is 93.0 Å². The molecule has 4 aliphatic rings. The average Bonchev–Trinajstić information content (AvgIpc) is 3.74. The topological polar surface area (TPSA) is 85.8 Å². The summed E-state index contributed by atoms with van der Waals surface area (Å²) in [7, 11) is 0. The second-order valence-corrected chi connectivity index (χ2v) is 12.2. The van der Waals surface area contributed by atoms with E-state index >= 15 is 0 Å². The van der Waals surface area contributed by atoms with E-state index in [9.17, 15) is 14.7 Å². The van der Waals surface area contributed by atoms with E-state index in [1.54, 1.807) is 16.0 Å². The Labute approximate surface area is 232 Å². The average molecular weight is 531 g/mol. The largest absolute Gasteiger partial charge is 0.385 e. The van der Waals surface area contributed by atoms with Gasteiger partial charge in [0.05, 0.1) is 11.3 Å². The Hall–Kier alpha value is -2.93. The molecule has 7 heteroatoms. The summed E-state index contributed by atoms with van der Waals surface area (Å²) in [5, 5.41) is 13.8. The quantitative estimate of drug-likeness (QED) is 0.574. The molecule has 2 aliphatic heterocycles. The fourth-order valence-corrected chi connectivity index (χ4v) is 6.94. The van der Waals surface area contributed by atoms with Gasteiger partial charge in [0.15, 0.2) is 0 Å². The molecule has 6 rings (SSSR count). The molecule has 3 heterocycles. The number of amides is 2. The van der Waals surface area contributed by atoms with Gasteiger partial charge in [-0.15, -0.1) is 0 Å². The van der Waals surface area contributed by atoms with Gasteiger partial charge in [-0.3, -0.25) is 14.6 Å². The van der Waals surface area contributed by atoms with Crippen molar-refractivity contribution in [1.29, 1.82) is 0 Å². The smallest absolute Gasteiger partial charge is 0.255 e. The highest BCUT2D eigenvalue weighted by molar-refractivity contribution is 5.94. The van der Waals surface area contributed by atoms with Crippen LogP contribution in [0.25, 0.3) is 11.3 Å². The number of benzene rings is 1. The van der Waals surface area contributed by atoms with E-state index in [4.69, 9.17) is 4.98 Å². The van der Waals surface area contributed by atoms with Gasteiger partial charge in [0.1, 0.15) is 5.60 Å². The van der Waals surface area contributed by atoms with Crippen LogP contribution in [-0.4, -0.2) is 70.0 Å². The highest BCUT2D eigenvalue weighted by Gasteiger charge is 2.50. The van der Waals surface area contributed by atoms with Crippen molar-refractivity contribution in [2.75, 3.05) is 38.0 Å². The number of aromatic nitrogens is 1. The lowest BCUT2D eigenvalue weighted by Gasteiger charge is -2.41. The van der Waals surface area contributed by atoms with Crippen LogP contribution in [0, 0.1) is 0 Å². The van der Waals surface area contributed by atoms with Crippen LogP contribution in [0.4, 0.5) is 5.69 Å². The van der Waals surface area contributed by atoms with Gasteiger partial charge in [0, 0.05) is 50.2 Å². The highest BCUT2D eigenvalue weighted by Crippen LogP contribution is 2.46. The fraction of sp³-hybridized carbons (Fsp3) is 0.594. The summed E-state index contributed by atoms with van der Waals surface area (Å²) in [6, 6.07) is 10.6. The molecule has 3 fully saturated rings. The maximum Gasteiger partial charge on any atom is 0.255 e. The van der Waals surface area contributed by atoms with Crippen molar-refractivity contribution in [3.63, 3.8) is 0 Å². The first kappa shape index (κ1) is 26.3. The van der Waals surface area contributed by atoms with Gasteiger partial charge in [-0.05, 0) is 67.3 Å². The molecule has 1 saturated heterocycles. The van der Waals surface area contributed by atoms with Crippen LogP contribution < -0.4 is 5.32 Å². The molecule has 2 saturated carbocycles. The van der Waals surface area contributed by atoms with Crippen molar-refractivity contribution in [3.05, 3.63) is 47.7 Å². The van der Waals surface area contributed by atoms with E-state index in [1.807, 2.05) is 12.1 Å². The third-order valence-electron chi connectivity index (χ3n) is 9.60. The van der Waals surface area contributed by atoms with Crippen LogP contribution in [0.5, 0.6) is 0 Å². The fourth-order valence-electron chi connectivity index (χ4n) is 6.94. The minimum absolute atomic E-state index is 0.0543.